The van der Waals surface area contributed by atoms with Crippen molar-refractivity contribution in [1.29, 1.82) is 0 Å². The van der Waals surface area contributed by atoms with Gasteiger partial charge >= 0.3 is 0 Å². The minimum absolute atomic E-state index is 0.358. The van der Waals surface area contributed by atoms with Crippen LogP contribution in [0, 0.1) is 0 Å². The van der Waals surface area contributed by atoms with E-state index in [9.17, 15) is 0 Å². The second-order valence-electron chi connectivity index (χ2n) is 5.19. The third-order valence-electron chi connectivity index (χ3n) is 3.40. The molecule has 0 radical (unpaired) electrons. The number of aromatic nitrogens is 2. The second-order valence-corrected chi connectivity index (χ2v) is 5.19. The molecule has 2 aromatic heterocycles. The Hall–Kier alpha value is -2.33. The van der Waals surface area contributed by atoms with Gasteiger partial charge in [-0.15, -0.1) is 0 Å². The molecule has 0 aliphatic heterocycles. The third-order valence-corrected chi connectivity index (χ3v) is 3.40. The fourth-order valence-electron chi connectivity index (χ4n) is 2.27. The monoisotopic (exact) mass is 281 g/mol. The molecule has 0 spiro atoms. The van der Waals surface area contributed by atoms with Gasteiger partial charge in [0.25, 0.3) is 0 Å². The number of hydrogen-bond donors (Lipinski definition) is 1. The summed E-state index contributed by atoms with van der Waals surface area (Å²) >= 11 is 0. The van der Waals surface area contributed by atoms with Crippen LogP contribution in [-0.2, 0) is 13.0 Å². The zero-order valence-corrected chi connectivity index (χ0v) is 12.1. The quantitative estimate of drug-likeness (QED) is 0.754. The van der Waals surface area contributed by atoms with Crippen LogP contribution in [0.3, 0.4) is 0 Å². The van der Waals surface area contributed by atoms with Crippen molar-refractivity contribution in [2.24, 2.45) is 0 Å². The van der Waals surface area contributed by atoms with Gasteiger partial charge in [-0.2, -0.15) is 5.10 Å². The van der Waals surface area contributed by atoms with E-state index >= 15 is 0 Å². The summed E-state index contributed by atoms with van der Waals surface area (Å²) in [5.41, 5.74) is 2.25. The number of hydrogen-bond acceptors (Lipinski definition) is 3. The molecule has 2 heterocycles. The maximum Gasteiger partial charge on any atom is 0.105 e. The van der Waals surface area contributed by atoms with Gasteiger partial charge in [0, 0.05) is 30.8 Å². The van der Waals surface area contributed by atoms with Crippen LogP contribution in [0.2, 0.25) is 0 Å². The number of furan rings is 1. The summed E-state index contributed by atoms with van der Waals surface area (Å²) in [5.74, 6) is 1.01. The van der Waals surface area contributed by atoms with Crippen LogP contribution in [0.5, 0.6) is 0 Å². The molecule has 0 saturated carbocycles. The summed E-state index contributed by atoms with van der Waals surface area (Å²) in [6.45, 7) is 2.96. The molecule has 0 amide bonds. The van der Waals surface area contributed by atoms with Crippen molar-refractivity contribution in [2.45, 2.75) is 25.9 Å². The molecule has 0 fully saturated rings. The highest BCUT2D eigenvalue weighted by Crippen LogP contribution is 2.08. The molecule has 3 aromatic rings. The van der Waals surface area contributed by atoms with E-state index in [0.717, 1.165) is 24.4 Å². The Balaban J connectivity index is 1.55. The number of nitrogens with zero attached hydrogens (tertiary/aromatic N) is 2. The first-order valence-corrected chi connectivity index (χ1v) is 7.16. The fraction of sp³-hybridized carbons (Fsp3) is 0.235. The Kier molecular flexibility index (Phi) is 4.17. The smallest absolute Gasteiger partial charge is 0.105 e. The Labute approximate surface area is 124 Å². The van der Waals surface area contributed by atoms with Crippen LogP contribution in [0.15, 0.2) is 65.5 Å². The summed E-state index contributed by atoms with van der Waals surface area (Å²) < 4.78 is 7.26. The summed E-state index contributed by atoms with van der Waals surface area (Å²) in [4.78, 5) is 0. The van der Waals surface area contributed by atoms with E-state index in [2.05, 4.69) is 23.5 Å². The van der Waals surface area contributed by atoms with Crippen LogP contribution in [0.1, 0.15) is 18.2 Å². The predicted molar refractivity (Wildman–Crippen MR) is 82.3 cm³/mol. The zero-order valence-electron chi connectivity index (χ0n) is 12.1. The summed E-state index contributed by atoms with van der Waals surface area (Å²) in [5, 5.41) is 7.89. The highest BCUT2D eigenvalue weighted by atomic mass is 16.3. The molecule has 21 heavy (non-hydrogen) atoms. The molecule has 0 aliphatic rings. The normalized spacial score (nSPS) is 12.4. The van der Waals surface area contributed by atoms with Gasteiger partial charge in [0.15, 0.2) is 0 Å². The molecule has 1 aromatic carbocycles. The Morgan fingerprint density at radius 1 is 1.19 bits per heavy atom. The highest BCUT2D eigenvalue weighted by Gasteiger charge is 2.06. The molecule has 4 heteroatoms. The van der Waals surface area contributed by atoms with Crippen LogP contribution in [0.25, 0.3) is 5.69 Å². The van der Waals surface area contributed by atoms with Crippen molar-refractivity contribution >= 4 is 0 Å². The van der Waals surface area contributed by atoms with E-state index < -0.39 is 0 Å². The molecule has 0 aliphatic carbocycles. The van der Waals surface area contributed by atoms with Crippen LogP contribution >= 0.6 is 0 Å². The van der Waals surface area contributed by atoms with E-state index in [1.165, 1.54) is 5.56 Å². The Morgan fingerprint density at radius 2 is 2.05 bits per heavy atom. The first-order valence-electron chi connectivity index (χ1n) is 7.16. The predicted octanol–water partition coefficient (Wildman–Crippen LogP) is 3.19. The minimum Gasteiger partial charge on any atom is -0.469 e. The first kappa shape index (κ1) is 13.6. The lowest BCUT2D eigenvalue weighted by Gasteiger charge is -2.11. The van der Waals surface area contributed by atoms with Gasteiger partial charge in [-0.3, -0.25) is 0 Å². The van der Waals surface area contributed by atoms with Gasteiger partial charge in [0.2, 0.25) is 0 Å². The van der Waals surface area contributed by atoms with Crippen molar-refractivity contribution in [3.63, 3.8) is 0 Å². The number of benzene rings is 1. The summed E-state index contributed by atoms with van der Waals surface area (Å²) in [7, 11) is 0. The Bertz CT molecular complexity index is 658. The average molecular weight is 281 g/mol. The molecule has 1 N–H and O–H groups in total. The first-order chi connectivity index (χ1) is 10.3. The maximum atomic E-state index is 5.36. The molecule has 0 bridgehead atoms. The van der Waals surface area contributed by atoms with Crippen LogP contribution < -0.4 is 5.32 Å². The highest BCUT2D eigenvalue weighted by molar-refractivity contribution is 5.30. The van der Waals surface area contributed by atoms with E-state index in [1.807, 2.05) is 53.3 Å². The van der Waals surface area contributed by atoms with Crippen LogP contribution in [0.4, 0.5) is 0 Å². The van der Waals surface area contributed by atoms with Gasteiger partial charge in [0.1, 0.15) is 5.76 Å². The van der Waals surface area contributed by atoms with Crippen molar-refractivity contribution in [3.8, 4) is 5.69 Å². The van der Waals surface area contributed by atoms with Crippen molar-refractivity contribution in [1.82, 2.24) is 15.1 Å². The van der Waals surface area contributed by atoms with Gasteiger partial charge in [-0.1, -0.05) is 18.2 Å². The summed E-state index contributed by atoms with van der Waals surface area (Å²) in [6, 6.07) is 14.4. The SMILES string of the molecule is C[C@@H](Cc1ccco1)NCc1cnn(-c2ccccc2)c1. The number of nitrogens with one attached hydrogen (secondary N) is 1. The molecular weight excluding hydrogens is 262 g/mol. The van der Waals surface area contributed by atoms with Crippen LogP contribution in [-0.4, -0.2) is 15.8 Å². The lowest BCUT2D eigenvalue weighted by atomic mass is 10.2. The average Bonchev–Trinajstić information content (AvgIpc) is 3.17. The molecule has 4 nitrogen and oxygen atoms in total. The van der Waals surface area contributed by atoms with Crippen molar-refractivity contribution < 1.29 is 4.42 Å². The van der Waals surface area contributed by atoms with Gasteiger partial charge < -0.3 is 9.73 Å². The topological polar surface area (TPSA) is 43.0 Å². The second kappa shape index (κ2) is 6.41. The van der Waals surface area contributed by atoms with Gasteiger partial charge in [-0.05, 0) is 31.2 Å². The van der Waals surface area contributed by atoms with Crippen molar-refractivity contribution in [3.05, 3.63) is 72.4 Å². The van der Waals surface area contributed by atoms with Crippen molar-refractivity contribution in [2.75, 3.05) is 0 Å². The minimum atomic E-state index is 0.358. The molecule has 108 valence electrons. The molecular formula is C17H19N3O. The lowest BCUT2D eigenvalue weighted by molar-refractivity contribution is 0.456. The van der Waals surface area contributed by atoms with Gasteiger partial charge in [-0.25, -0.2) is 4.68 Å². The van der Waals surface area contributed by atoms with Gasteiger partial charge in [0.05, 0.1) is 18.1 Å². The standard InChI is InChI=1S/C17H19N3O/c1-14(10-17-8-5-9-21-17)18-11-15-12-19-20(13-15)16-6-3-2-4-7-16/h2-9,12-14,18H,10-11H2,1H3/t14-/m0/s1. The Morgan fingerprint density at radius 3 is 2.81 bits per heavy atom. The number of para-hydroxylation sites is 1. The zero-order chi connectivity index (χ0) is 14.5. The van der Waals surface area contributed by atoms with E-state index in [-0.39, 0.29) is 0 Å². The summed E-state index contributed by atoms with van der Waals surface area (Å²) in [6.07, 6.45) is 6.56. The lowest BCUT2D eigenvalue weighted by Crippen LogP contribution is -2.27. The maximum absolute atomic E-state index is 5.36. The molecule has 0 unspecified atom stereocenters. The molecule has 0 saturated heterocycles. The van der Waals surface area contributed by atoms with E-state index in [1.54, 1.807) is 6.26 Å². The third kappa shape index (κ3) is 3.61. The van der Waals surface area contributed by atoms with E-state index in [0.29, 0.717) is 6.04 Å². The molecule has 3 rings (SSSR count). The fourth-order valence-corrected chi connectivity index (χ4v) is 2.27. The number of rotatable bonds is 6. The largest absolute Gasteiger partial charge is 0.469 e. The van der Waals surface area contributed by atoms with E-state index in [4.69, 9.17) is 4.42 Å². The molecule has 1 atom stereocenters.